The molecule has 1 aliphatic rings. The Morgan fingerprint density at radius 1 is 1.08 bits per heavy atom. The molecular weight excluding hydrogens is 476 g/mol. The Morgan fingerprint density at radius 3 is 2.22 bits per heavy atom. The van der Waals surface area contributed by atoms with Crippen molar-refractivity contribution in [2.24, 2.45) is 5.92 Å². The first kappa shape index (κ1) is 27.3. The zero-order chi connectivity index (χ0) is 26.7. The van der Waals surface area contributed by atoms with Crippen LogP contribution < -0.4 is 4.31 Å². The number of esters is 1. The lowest BCUT2D eigenvalue weighted by Crippen LogP contribution is -2.31. The molecule has 0 radical (unpaired) electrons. The Morgan fingerprint density at radius 2 is 1.69 bits per heavy atom. The van der Waals surface area contributed by atoms with Gasteiger partial charge in [0, 0.05) is 13.0 Å². The molecule has 1 aliphatic heterocycles. The van der Waals surface area contributed by atoms with E-state index < -0.39 is 27.5 Å². The molecule has 2 aromatic carbocycles. The van der Waals surface area contributed by atoms with Gasteiger partial charge in [-0.25, -0.2) is 13.2 Å². The Kier molecular flexibility index (Phi) is 8.15. The number of ether oxygens (including phenoxy) is 1. The Hall–Kier alpha value is -3.31. The second-order valence-electron chi connectivity index (χ2n) is 9.57. The van der Waals surface area contributed by atoms with Crippen LogP contribution in [0.3, 0.4) is 0 Å². The molecule has 2 aromatic rings. The van der Waals surface area contributed by atoms with Crippen LogP contribution in [-0.4, -0.2) is 32.1 Å². The highest BCUT2D eigenvalue weighted by molar-refractivity contribution is 7.92. The normalized spacial score (nSPS) is 16.1. The van der Waals surface area contributed by atoms with Crippen LogP contribution in [0.4, 0.5) is 5.69 Å². The van der Waals surface area contributed by atoms with Gasteiger partial charge in [-0.15, -0.1) is 0 Å². The van der Waals surface area contributed by atoms with E-state index in [0.29, 0.717) is 29.7 Å². The molecule has 36 heavy (non-hydrogen) atoms. The second kappa shape index (κ2) is 10.8. The van der Waals surface area contributed by atoms with E-state index in [9.17, 15) is 18.3 Å². The molecule has 0 aliphatic carbocycles. The van der Waals surface area contributed by atoms with Gasteiger partial charge in [-0.2, -0.15) is 5.26 Å². The monoisotopic (exact) mass is 510 g/mol. The summed E-state index contributed by atoms with van der Waals surface area (Å²) in [6, 6.07) is 14.7. The van der Waals surface area contributed by atoms with Crippen LogP contribution in [0.2, 0.25) is 0 Å². The van der Waals surface area contributed by atoms with E-state index in [1.54, 1.807) is 18.2 Å². The van der Waals surface area contributed by atoms with E-state index in [-0.39, 0.29) is 22.1 Å². The van der Waals surface area contributed by atoms with Gasteiger partial charge in [0.2, 0.25) is 0 Å². The van der Waals surface area contributed by atoms with Crippen LogP contribution in [-0.2, 0) is 19.6 Å². The van der Waals surface area contributed by atoms with E-state index in [0.717, 1.165) is 12.8 Å². The molecule has 7 nitrogen and oxygen atoms in total. The number of carbonyl (C=O) groups is 1. The highest BCUT2D eigenvalue weighted by atomic mass is 32.2. The number of anilines is 1. The zero-order valence-corrected chi connectivity index (χ0v) is 22.3. The lowest BCUT2D eigenvalue weighted by molar-refractivity contribution is -0.149. The molecule has 0 aromatic heterocycles. The molecule has 8 heteroatoms. The summed E-state index contributed by atoms with van der Waals surface area (Å²) in [6.07, 6.45) is 2.59. The molecule has 0 bridgehead atoms. The molecule has 1 atom stereocenters. The number of nitrogens with zero attached hydrogens (tertiary/aromatic N) is 2. The maximum absolute atomic E-state index is 13.3. The maximum Gasteiger partial charge on any atom is 0.339 e. The lowest BCUT2D eigenvalue weighted by atomic mass is 9.79. The van der Waals surface area contributed by atoms with Gasteiger partial charge in [-0.3, -0.25) is 4.31 Å². The minimum absolute atomic E-state index is 0.00105. The number of rotatable bonds is 10. The minimum atomic E-state index is -3.88. The number of cyclic esters (lactones) is 1. The molecule has 0 saturated carbocycles. The van der Waals surface area contributed by atoms with Crippen LogP contribution in [0.25, 0.3) is 0 Å². The third-order valence-corrected chi connectivity index (χ3v) is 8.51. The molecular formula is C28H34N2O5S. The van der Waals surface area contributed by atoms with Crippen molar-refractivity contribution in [2.75, 3.05) is 11.4 Å². The number of carbonyl (C=O) groups excluding carboxylic acids is 1. The van der Waals surface area contributed by atoms with Crippen molar-refractivity contribution in [3.05, 3.63) is 71.0 Å². The lowest BCUT2D eigenvalue weighted by Gasteiger charge is -2.27. The quantitative estimate of drug-likeness (QED) is 0.403. The summed E-state index contributed by atoms with van der Waals surface area (Å²) in [5.74, 6) is -1.06. The van der Waals surface area contributed by atoms with E-state index in [4.69, 9.17) is 10.00 Å². The van der Waals surface area contributed by atoms with Gasteiger partial charge in [0.25, 0.3) is 10.0 Å². The summed E-state index contributed by atoms with van der Waals surface area (Å²) in [5.41, 5.74) is 0.754. The Bertz CT molecular complexity index is 1280. The topological polar surface area (TPSA) is 108 Å². The summed E-state index contributed by atoms with van der Waals surface area (Å²) in [6.45, 7) is 7.90. The summed E-state index contributed by atoms with van der Waals surface area (Å²) < 4.78 is 33.5. The van der Waals surface area contributed by atoms with E-state index in [1.807, 2.05) is 39.8 Å². The van der Waals surface area contributed by atoms with E-state index >= 15 is 0 Å². The first-order chi connectivity index (χ1) is 17.0. The van der Waals surface area contributed by atoms with Crippen LogP contribution in [0.5, 0.6) is 0 Å². The van der Waals surface area contributed by atoms with Gasteiger partial charge in [0.15, 0.2) is 5.60 Å². The van der Waals surface area contributed by atoms with Gasteiger partial charge in [-0.1, -0.05) is 52.7 Å². The zero-order valence-electron chi connectivity index (χ0n) is 21.5. The molecule has 0 amide bonds. The summed E-state index contributed by atoms with van der Waals surface area (Å²) in [4.78, 5) is 13.2. The number of benzene rings is 2. The largest absolute Gasteiger partial charge is 0.507 e. The second-order valence-corrected chi connectivity index (χ2v) is 11.5. The van der Waals surface area contributed by atoms with Gasteiger partial charge >= 0.3 is 5.97 Å². The summed E-state index contributed by atoms with van der Waals surface area (Å²) in [5, 5.41) is 20.3. The van der Waals surface area contributed by atoms with Crippen molar-refractivity contribution < 1.29 is 23.1 Å². The fraction of sp³-hybridized carbons (Fsp3) is 0.429. The highest BCUT2D eigenvalue weighted by Crippen LogP contribution is 2.46. The molecule has 1 N–H and O–H groups in total. The summed E-state index contributed by atoms with van der Waals surface area (Å²) in [7, 11) is -2.42. The van der Waals surface area contributed by atoms with E-state index in [2.05, 4.69) is 0 Å². The number of sulfonamides is 1. The molecule has 1 unspecified atom stereocenters. The molecule has 0 fully saturated rings. The number of nitriles is 1. The van der Waals surface area contributed by atoms with Crippen LogP contribution >= 0.6 is 0 Å². The number of aliphatic hydroxyl groups is 1. The van der Waals surface area contributed by atoms with Crippen molar-refractivity contribution >= 4 is 21.7 Å². The van der Waals surface area contributed by atoms with Crippen molar-refractivity contribution in [3.8, 4) is 6.07 Å². The average molecular weight is 511 g/mol. The van der Waals surface area contributed by atoms with Crippen molar-refractivity contribution in [2.45, 2.75) is 69.8 Å². The average Bonchev–Trinajstić information content (AvgIpc) is 3.08. The molecule has 192 valence electrons. The first-order valence-electron chi connectivity index (χ1n) is 12.3. The van der Waals surface area contributed by atoms with Crippen molar-refractivity contribution in [3.63, 3.8) is 0 Å². The molecule has 3 rings (SSSR count). The number of aliphatic hydroxyl groups excluding tert-OH is 1. The SMILES string of the molecule is CCCC1(CCC)OC(=O)C(C(c2cccc(N(C)S(=O)(=O)c3ccc(C#N)cc3)c2)C(C)C)=C1O. The number of hydrogen-bond donors (Lipinski definition) is 1. The molecule has 0 spiro atoms. The Balaban J connectivity index is 2.05. The van der Waals surface area contributed by atoms with Gasteiger partial charge in [0.1, 0.15) is 5.76 Å². The smallest absolute Gasteiger partial charge is 0.339 e. The standard InChI is InChI=1S/C28H34N2O5S/c1-6-15-28(16-7-2)26(31)25(27(32)35-28)24(19(3)4)21-9-8-10-22(17-21)30(5)36(33,34)23-13-11-20(18-29)12-14-23/h8-14,17,19,24,31H,6-7,15-16H2,1-5H3. The first-order valence-corrected chi connectivity index (χ1v) is 13.7. The molecule has 1 heterocycles. The van der Waals surface area contributed by atoms with Crippen molar-refractivity contribution in [1.29, 1.82) is 5.26 Å². The summed E-state index contributed by atoms with van der Waals surface area (Å²) >= 11 is 0. The van der Waals surface area contributed by atoms with Gasteiger partial charge in [-0.05, 0) is 60.7 Å². The van der Waals surface area contributed by atoms with Gasteiger partial charge < -0.3 is 9.84 Å². The fourth-order valence-electron chi connectivity index (χ4n) is 4.97. The van der Waals surface area contributed by atoms with Gasteiger partial charge in [0.05, 0.1) is 27.8 Å². The fourth-order valence-corrected chi connectivity index (χ4v) is 6.15. The minimum Gasteiger partial charge on any atom is -0.507 e. The van der Waals surface area contributed by atoms with Crippen LogP contribution in [0.1, 0.15) is 70.4 Å². The third-order valence-electron chi connectivity index (χ3n) is 6.71. The van der Waals surface area contributed by atoms with Crippen molar-refractivity contribution in [1.82, 2.24) is 0 Å². The molecule has 0 saturated heterocycles. The van der Waals surface area contributed by atoms with Crippen LogP contribution in [0, 0.1) is 17.2 Å². The van der Waals surface area contributed by atoms with E-state index in [1.165, 1.54) is 35.6 Å². The predicted octanol–water partition coefficient (Wildman–Crippen LogP) is 5.83. The number of hydrogen-bond acceptors (Lipinski definition) is 6. The Labute approximate surface area is 214 Å². The maximum atomic E-state index is 13.3. The highest BCUT2D eigenvalue weighted by Gasteiger charge is 2.49. The predicted molar refractivity (Wildman–Crippen MR) is 139 cm³/mol. The van der Waals surface area contributed by atoms with Crippen LogP contribution in [0.15, 0.2) is 64.8 Å². The third kappa shape index (κ3) is 4.98.